The summed E-state index contributed by atoms with van der Waals surface area (Å²) in [5.74, 6) is -0.159. The van der Waals surface area contributed by atoms with Crippen LogP contribution in [-0.4, -0.2) is 19.6 Å². The summed E-state index contributed by atoms with van der Waals surface area (Å²) in [5.41, 5.74) is 1.76. The summed E-state index contributed by atoms with van der Waals surface area (Å²) >= 11 is 12.0. The van der Waals surface area contributed by atoms with Gasteiger partial charge in [0.2, 0.25) is 5.91 Å². The van der Waals surface area contributed by atoms with E-state index in [0.717, 1.165) is 11.3 Å². The maximum Gasteiger partial charge on any atom is 0.233 e. The van der Waals surface area contributed by atoms with Crippen LogP contribution >= 0.6 is 23.2 Å². The van der Waals surface area contributed by atoms with Crippen LogP contribution < -0.4 is 5.32 Å². The molecule has 1 N–H and O–H groups in total. The Morgan fingerprint density at radius 1 is 1.42 bits per heavy atom. The van der Waals surface area contributed by atoms with Crippen LogP contribution in [0.15, 0.2) is 24.5 Å². The van der Waals surface area contributed by atoms with E-state index in [1.54, 1.807) is 6.92 Å². The summed E-state index contributed by atoms with van der Waals surface area (Å²) in [6.45, 7) is 3.69. The standard InChI is InChI=1S/C13H13Cl2N3O/c1-8-5-18-6-9(3-4-10(18)16-8)17-11(19)12(2)7-13(12,14)15/h3-6H,7H2,1-2H3,(H,17,19)/t12-/m1/s1. The molecule has 0 unspecified atom stereocenters. The Morgan fingerprint density at radius 2 is 2.11 bits per heavy atom. The number of rotatable bonds is 2. The van der Waals surface area contributed by atoms with Crippen LogP contribution in [0.1, 0.15) is 19.0 Å². The minimum atomic E-state index is -0.952. The average molecular weight is 298 g/mol. The smallest absolute Gasteiger partial charge is 0.233 e. The fourth-order valence-electron chi connectivity index (χ4n) is 2.11. The Balaban J connectivity index is 1.84. The van der Waals surface area contributed by atoms with Crippen molar-refractivity contribution in [2.24, 2.45) is 5.41 Å². The number of nitrogens with zero attached hydrogens (tertiary/aromatic N) is 2. The highest BCUT2D eigenvalue weighted by atomic mass is 35.5. The van der Waals surface area contributed by atoms with Crippen molar-refractivity contribution in [2.45, 2.75) is 24.6 Å². The van der Waals surface area contributed by atoms with E-state index < -0.39 is 9.75 Å². The molecule has 0 aliphatic heterocycles. The van der Waals surface area contributed by atoms with Crippen molar-refractivity contribution in [3.8, 4) is 0 Å². The lowest BCUT2D eigenvalue weighted by Crippen LogP contribution is -2.26. The molecule has 1 aliphatic rings. The van der Waals surface area contributed by atoms with Gasteiger partial charge in [-0.15, -0.1) is 23.2 Å². The molecule has 2 aromatic heterocycles. The van der Waals surface area contributed by atoms with Crippen LogP contribution in [0.2, 0.25) is 0 Å². The van der Waals surface area contributed by atoms with Gasteiger partial charge in [0.25, 0.3) is 0 Å². The molecule has 6 heteroatoms. The van der Waals surface area contributed by atoms with Gasteiger partial charge in [-0.25, -0.2) is 4.98 Å². The number of halogens is 2. The summed E-state index contributed by atoms with van der Waals surface area (Å²) in [6, 6.07) is 3.67. The molecule has 1 aliphatic carbocycles. The van der Waals surface area contributed by atoms with Crippen LogP contribution in [0, 0.1) is 12.3 Å². The number of fused-ring (bicyclic) bond motifs is 1. The molecule has 1 atom stereocenters. The van der Waals surface area contributed by atoms with Gasteiger partial charge in [0, 0.05) is 12.4 Å². The quantitative estimate of drug-likeness (QED) is 0.866. The number of carbonyl (C=O) groups is 1. The molecule has 4 nitrogen and oxygen atoms in total. The zero-order valence-electron chi connectivity index (χ0n) is 10.6. The Hall–Kier alpha value is -1.26. The minimum absolute atomic E-state index is 0.159. The van der Waals surface area contributed by atoms with E-state index in [0.29, 0.717) is 12.1 Å². The molecule has 0 bridgehead atoms. The number of amides is 1. The number of hydrogen-bond donors (Lipinski definition) is 1. The van der Waals surface area contributed by atoms with Gasteiger partial charge in [0.05, 0.1) is 16.8 Å². The molecule has 0 saturated heterocycles. The lowest BCUT2D eigenvalue weighted by Gasteiger charge is -2.12. The molecular formula is C13H13Cl2N3O. The second kappa shape index (κ2) is 3.87. The zero-order chi connectivity index (χ0) is 13.8. The van der Waals surface area contributed by atoms with E-state index in [1.807, 2.05) is 35.9 Å². The predicted octanol–water partition coefficient (Wildman–Crippen LogP) is 3.17. The van der Waals surface area contributed by atoms with E-state index in [2.05, 4.69) is 10.3 Å². The first-order valence-electron chi connectivity index (χ1n) is 5.96. The Kier molecular flexibility index (Phi) is 2.60. The third kappa shape index (κ3) is 1.99. The molecule has 0 spiro atoms. The molecule has 3 rings (SSSR count). The maximum absolute atomic E-state index is 12.1. The van der Waals surface area contributed by atoms with Crippen molar-refractivity contribution in [1.29, 1.82) is 0 Å². The van der Waals surface area contributed by atoms with E-state index in [-0.39, 0.29) is 5.91 Å². The Labute approximate surface area is 120 Å². The number of nitrogens with one attached hydrogen (secondary N) is 1. The number of hydrogen-bond acceptors (Lipinski definition) is 2. The first kappa shape index (κ1) is 12.8. The predicted molar refractivity (Wildman–Crippen MR) is 75.7 cm³/mol. The van der Waals surface area contributed by atoms with Gasteiger partial charge in [-0.3, -0.25) is 4.79 Å². The van der Waals surface area contributed by atoms with Gasteiger partial charge in [-0.2, -0.15) is 0 Å². The number of pyridine rings is 1. The van der Waals surface area contributed by atoms with Crippen molar-refractivity contribution in [3.63, 3.8) is 0 Å². The van der Waals surface area contributed by atoms with E-state index in [1.165, 1.54) is 0 Å². The molecule has 2 heterocycles. The first-order valence-corrected chi connectivity index (χ1v) is 6.72. The molecule has 100 valence electrons. The highest BCUT2D eigenvalue weighted by Crippen LogP contribution is 2.64. The highest BCUT2D eigenvalue weighted by Gasteiger charge is 2.67. The fourth-order valence-corrected chi connectivity index (χ4v) is 2.81. The van der Waals surface area contributed by atoms with E-state index in [4.69, 9.17) is 23.2 Å². The van der Waals surface area contributed by atoms with Crippen LogP contribution in [0.5, 0.6) is 0 Å². The summed E-state index contributed by atoms with van der Waals surface area (Å²) in [5, 5.41) is 2.84. The number of aromatic nitrogens is 2. The minimum Gasteiger partial charge on any atom is -0.324 e. The topological polar surface area (TPSA) is 46.4 Å². The van der Waals surface area contributed by atoms with Crippen molar-refractivity contribution >= 4 is 40.4 Å². The van der Waals surface area contributed by atoms with Crippen molar-refractivity contribution in [1.82, 2.24) is 9.38 Å². The molecule has 1 fully saturated rings. The van der Waals surface area contributed by atoms with Gasteiger partial charge in [0.1, 0.15) is 9.98 Å². The molecule has 2 aromatic rings. The van der Waals surface area contributed by atoms with Crippen molar-refractivity contribution in [3.05, 3.63) is 30.2 Å². The van der Waals surface area contributed by atoms with Crippen molar-refractivity contribution < 1.29 is 4.79 Å². The summed E-state index contributed by atoms with van der Waals surface area (Å²) < 4.78 is 0.918. The number of imidazole rings is 1. The van der Waals surface area contributed by atoms with Crippen molar-refractivity contribution in [2.75, 3.05) is 5.32 Å². The number of alkyl halides is 2. The zero-order valence-corrected chi connectivity index (χ0v) is 12.1. The molecule has 0 aromatic carbocycles. The number of aryl methyl sites for hydroxylation is 1. The largest absolute Gasteiger partial charge is 0.324 e. The van der Waals surface area contributed by atoms with Gasteiger partial charge in [-0.1, -0.05) is 0 Å². The monoisotopic (exact) mass is 297 g/mol. The second-order valence-corrected chi connectivity index (χ2v) is 6.72. The Morgan fingerprint density at radius 3 is 2.74 bits per heavy atom. The SMILES string of the molecule is Cc1cn2cc(NC(=O)[C@@]3(C)CC3(Cl)Cl)ccc2n1. The molecule has 1 saturated carbocycles. The summed E-state index contributed by atoms with van der Waals surface area (Å²) in [7, 11) is 0. The average Bonchev–Trinajstić information content (AvgIpc) is 2.66. The summed E-state index contributed by atoms with van der Waals surface area (Å²) in [4.78, 5) is 16.5. The molecule has 19 heavy (non-hydrogen) atoms. The number of anilines is 1. The van der Waals surface area contributed by atoms with Gasteiger partial charge in [0.15, 0.2) is 0 Å². The molecule has 0 radical (unpaired) electrons. The van der Waals surface area contributed by atoms with Crippen LogP contribution in [0.4, 0.5) is 5.69 Å². The third-order valence-electron chi connectivity index (χ3n) is 3.59. The second-order valence-electron chi connectivity index (χ2n) is 5.23. The molecular weight excluding hydrogens is 285 g/mol. The Bertz CT molecular complexity index is 680. The fraction of sp³-hybridized carbons (Fsp3) is 0.385. The lowest BCUT2D eigenvalue weighted by molar-refractivity contribution is -0.120. The van der Waals surface area contributed by atoms with Gasteiger partial charge >= 0.3 is 0 Å². The van der Waals surface area contributed by atoms with Crippen LogP contribution in [-0.2, 0) is 4.79 Å². The van der Waals surface area contributed by atoms with Crippen LogP contribution in [0.3, 0.4) is 0 Å². The highest BCUT2D eigenvalue weighted by molar-refractivity contribution is 6.53. The summed E-state index contributed by atoms with van der Waals surface area (Å²) in [6.07, 6.45) is 4.20. The molecule has 1 amide bonds. The van der Waals surface area contributed by atoms with Gasteiger partial charge in [-0.05, 0) is 32.4 Å². The van der Waals surface area contributed by atoms with E-state index in [9.17, 15) is 4.79 Å². The van der Waals surface area contributed by atoms with E-state index >= 15 is 0 Å². The maximum atomic E-state index is 12.1. The third-order valence-corrected chi connectivity index (χ3v) is 4.69. The number of carbonyl (C=O) groups excluding carboxylic acids is 1. The van der Waals surface area contributed by atoms with Crippen LogP contribution in [0.25, 0.3) is 5.65 Å². The lowest BCUT2D eigenvalue weighted by atomic mass is 10.1. The normalized spacial score (nSPS) is 24.4. The first-order chi connectivity index (χ1) is 8.82. The van der Waals surface area contributed by atoms with Gasteiger partial charge < -0.3 is 9.72 Å².